The van der Waals surface area contributed by atoms with Crippen LogP contribution in [-0.2, 0) is 16.4 Å². The minimum atomic E-state index is -3.53. The van der Waals surface area contributed by atoms with Crippen LogP contribution in [0.4, 0.5) is 0 Å². The van der Waals surface area contributed by atoms with Crippen molar-refractivity contribution in [2.45, 2.75) is 23.6 Å². The van der Waals surface area contributed by atoms with Crippen LogP contribution in [0, 0.1) is 6.92 Å². The van der Waals surface area contributed by atoms with E-state index >= 15 is 0 Å². The van der Waals surface area contributed by atoms with Gasteiger partial charge in [-0.1, -0.05) is 54.6 Å². The Bertz CT molecular complexity index is 993. The Morgan fingerprint density at radius 1 is 0.960 bits per heavy atom. The average Bonchev–Trinajstić information content (AvgIpc) is 3.08. The number of hydrogen-bond acceptors (Lipinski definition) is 3. The molecule has 128 valence electrons. The van der Waals surface area contributed by atoms with E-state index < -0.39 is 10.0 Å². The summed E-state index contributed by atoms with van der Waals surface area (Å²) in [5.41, 5.74) is 3.31. The van der Waals surface area contributed by atoms with Crippen LogP contribution in [0.15, 0.2) is 70.9 Å². The molecular formula is C20H19NO2S2. The summed E-state index contributed by atoms with van der Waals surface area (Å²) in [6.45, 7) is 2.43. The monoisotopic (exact) mass is 369 g/mol. The lowest BCUT2D eigenvalue weighted by Gasteiger charge is -2.36. The first kappa shape index (κ1) is 16.5. The fraction of sp³-hybridized carbons (Fsp3) is 0.200. The average molecular weight is 370 g/mol. The fourth-order valence-corrected chi connectivity index (χ4v) is 6.46. The Kier molecular flexibility index (Phi) is 4.23. The second-order valence-corrected chi connectivity index (χ2v) is 9.65. The van der Waals surface area contributed by atoms with Crippen LogP contribution in [0.25, 0.3) is 0 Å². The molecule has 0 N–H and O–H groups in total. The van der Waals surface area contributed by atoms with Crippen LogP contribution in [0.3, 0.4) is 0 Å². The molecule has 1 aliphatic heterocycles. The number of rotatable bonds is 3. The maximum absolute atomic E-state index is 13.3. The minimum absolute atomic E-state index is 0.279. The molecule has 0 spiro atoms. The smallest absolute Gasteiger partial charge is 0.206 e. The van der Waals surface area contributed by atoms with E-state index in [-0.39, 0.29) is 6.04 Å². The van der Waals surface area contributed by atoms with Crippen LogP contribution in [0.5, 0.6) is 0 Å². The number of hydrogen-bond donors (Lipinski definition) is 0. The molecule has 0 amide bonds. The lowest BCUT2D eigenvalue weighted by Crippen LogP contribution is -2.40. The molecule has 0 saturated carbocycles. The summed E-state index contributed by atoms with van der Waals surface area (Å²) < 4.78 is 28.7. The standard InChI is InChI=1S/C20H19NO2S2/c1-15-11-12-19(24-15)25(22,23)21-14-13-16-7-5-6-10-18(16)20(21)17-8-3-2-4-9-17/h2-12,20H,13-14H2,1H3/t20-/m1/s1. The molecule has 2 aromatic carbocycles. The predicted octanol–water partition coefficient (Wildman–Crippen LogP) is 4.39. The molecule has 1 atom stereocenters. The van der Waals surface area contributed by atoms with Crippen molar-refractivity contribution in [3.8, 4) is 0 Å². The topological polar surface area (TPSA) is 37.4 Å². The zero-order chi connectivity index (χ0) is 17.4. The molecule has 25 heavy (non-hydrogen) atoms. The van der Waals surface area contributed by atoms with Gasteiger partial charge in [0.2, 0.25) is 0 Å². The number of thiophene rings is 1. The van der Waals surface area contributed by atoms with E-state index in [1.54, 1.807) is 10.4 Å². The van der Waals surface area contributed by atoms with E-state index in [1.165, 1.54) is 16.9 Å². The number of sulfonamides is 1. The molecule has 5 heteroatoms. The highest BCUT2D eigenvalue weighted by molar-refractivity contribution is 7.91. The Labute approximate surface area is 152 Å². The third-order valence-electron chi connectivity index (χ3n) is 4.63. The van der Waals surface area contributed by atoms with Crippen molar-refractivity contribution < 1.29 is 8.42 Å². The summed E-state index contributed by atoms with van der Waals surface area (Å²) in [6, 6.07) is 21.4. The van der Waals surface area contributed by atoms with Crippen molar-refractivity contribution in [1.82, 2.24) is 4.31 Å². The largest absolute Gasteiger partial charge is 0.253 e. The van der Waals surface area contributed by atoms with E-state index in [2.05, 4.69) is 6.07 Å². The van der Waals surface area contributed by atoms with Gasteiger partial charge >= 0.3 is 0 Å². The first-order chi connectivity index (χ1) is 12.1. The Hall–Kier alpha value is -1.95. The molecule has 1 aromatic heterocycles. The Morgan fingerprint density at radius 2 is 1.68 bits per heavy atom. The summed E-state index contributed by atoms with van der Waals surface area (Å²) >= 11 is 1.34. The summed E-state index contributed by atoms with van der Waals surface area (Å²) in [7, 11) is -3.53. The molecule has 0 fully saturated rings. The molecule has 0 aliphatic carbocycles. The Balaban J connectivity index is 1.87. The number of fused-ring (bicyclic) bond motifs is 1. The molecule has 0 radical (unpaired) electrons. The maximum atomic E-state index is 13.3. The number of aryl methyl sites for hydroxylation is 1. The second-order valence-electron chi connectivity index (χ2n) is 6.24. The van der Waals surface area contributed by atoms with Gasteiger partial charge in [-0.05, 0) is 42.2 Å². The molecule has 1 aliphatic rings. The Morgan fingerprint density at radius 3 is 2.40 bits per heavy atom. The second kappa shape index (κ2) is 6.41. The highest BCUT2D eigenvalue weighted by atomic mass is 32.2. The van der Waals surface area contributed by atoms with Crippen LogP contribution in [0.2, 0.25) is 0 Å². The van der Waals surface area contributed by atoms with Crippen LogP contribution >= 0.6 is 11.3 Å². The molecular weight excluding hydrogens is 350 g/mol. The summed E-state index contributed by atoms with van der Waals surface area (Å²) in [4.78, 5) is 1.01. The lowest BCUT2D eigenvalue weighted by molar-refractivity contribution is 0.345. The van der Waals surface area contributed by atoms with Gasteiger partial charge in [-0.3, -0.25) is 0 Å². The summed E-state index contributed by atoms with van der Waals surface area (Å²) in [6.07, 6.45) is 0.739. The van der Waals surface area contributed by atoms with Gasteiger partial charge in [0, 0.05) is 11.4 Å². The SMILES string of the molecule is Cc1ccc(S(=O)(=O)N2CCc3ccccc3[C@H]2c2ccccc2)s1. The van der Waals surface area contributed by atoms with E-state index in [4.69, 9.17) is 0 Å². The first-order valence-corrected chi connectivity index (χ1v) is 10.5. The third kappa shape index (κ3) is 2.92. The van der Waals surface area contributed by atoms with Gasteiger partial charge in [0.15, 0.2) is 0 Å². The van der Waals surface area contributed by atoms with Gasteiger partial charge < -0.3 is 0 Å². The highest BCUT2D eigenvalue weighted by Crippen LogP contribution is 2.39. The summed E-state index contributed by atoms with van der Waals surface area (Å²) in [5, 5.41) is 0. The van der Waals surface area contributed by atoms with E-state index in [1.807, 2.05) is 61.5 Å². The normalized spacial score (nSPS) is 18.0. The molecule has 0 unspecified atom stereocenters. The highest BCUT2D eigenvalue weighted by Gasteiger charge is 2.37. The maximum Gasteiger partial charge on any atom is 0.253 e. The lowest BCUT2D eigenvalue weighted by atomic mass is 9.90. The summed E-state index contributed by atoms with van der Waals surface area (Å²) in [5.74, 6) is 0. The van der Waals surface area contributed by atoms with Crippen molar-refractivity contribution in [2.24, 2.45) is 0 Å². The van der Waals surface area contributed by atoms with Gasteiger partial charge in [-0.25, -0.2) is 8.42 Å². The molecule has 2 heterocycles. The minimum Gasteiger partial charge on any atom is -0.206 e. The van der Waals surface area contributed by atoms with Crippen molar-refractivity contribution >= 4 is 21.4 Å². The number of nitrogens with zero attached hydrogens (tertiary/aromatic N) is 1. The zero-order valence-electron chi connectivity index (χ0n) is 13.9. The predicted molar refractivity (Wildman–Crippen MR) is 101 cm³/mol. The van der Waals surface area contributed by atoms with Gasteiger partial charge in [-0.2, -0.15) is 4.31 Å². The van der Waals surface area contributed by atoms with E-state index in [0.717, 1.165) is 22.4 Å². The third-order valence-corrected chi connectivity index (χ3v) is 7.97. The van der Waals surface area contributed by atoms with E-state index in [9.17, 15) is 8.42 Å². The zero-order valence-corrected chi connectivity index (χ0v) is 15.6. The van der Waals surface area contributed by atoms with Crippen molar-refractivity contribution in [1.29, 1.82) is 0 Å². The van der Waals surface area contributed by atoms with Crippen molar-refractivity contribution in [3.05, 3.63) is 88.3 Å². The fourth-order valence-electron chi connectivity index (χ4n) is 3.45. The first-order valence-electron chi connectivity index (χ1n) is 8.28. The van der Waals surface area contributed by atoms with Gasteiger partial charge in [0.1, 0.15) is 4.21 Å². The quantitative estimate of drug-likeness (QED) is 0.686. The van der Waals surface area contributed by atoms with Crippen molar-refractivity contribution in [2.75, 3.05) is 6.54 Å². The van der Waals surface area contributed by atoms with Gasteiger partial charge in [0.05, 0.1) is 6.04 Å². The molecule has 3 aromatic rings. The molecule has 0 bridgehead atoms. The van der Waals surface area contributed by atoms with Crippen LogP contribution in [-0.4, -0.2) is 19.3 Å². The van der Waals surface area contributed by atoms with Gasteiger partial charge in [0.25, 0.3) is 10.0 Å². The van der Waals surface area contributed by atoms with Gasteiger partial charge in [-0.15, -0.1) is 11.3 Å². The van der Waals surface area contributed by atoms with Crippen molar-refractivity contribution in [3.63, 3.8) is 0 Å². The molecule has 3 nitrogen and oxygen atoms in total. The molecule has 0 saturated heterocycles. The van der Waals surface area contributed by atoms with Crippen LogP contribution in [0.1, 0.15) is 27.6 Å². The van der Waals surface area contributed by atoms with Crippen LogP contribution < -0.4 is 0 Å². The molecule has 4 rings (SSSR count). The number of benzene rings is 2. The van der Waals surface area contributed by atoms with E-state index in [0.29, 0.717) is 10.8 Å².